The first kappa shape index (κ1) is 7.91. The molecule has 0 unspecified atom stereocenters. The average molecular weight is 175 g/mol. The second-order valence-corrected chi connectivity index (χ2v) is 2.73. The summed E-state index contributed by atoms with van der Waals surface area (Å²) >= 11 is 0. The third kappa shape index (κ3) is 1.20. The second kappa shape index (κ2) is 2.97. The summed E-state index contributed by atoms with van der Waals surface area (Å²) in [6, 6.07) is 3.24. The zero-order chi connectivity index (χ0) is 9.26. The first-order valence-electron chi connectivity index (χ1n) is 4.14. The molecular formula is C9H9N3O. The highest BCUT2D eigenvalue weighted by atomic mass is 16.1. The van der Waals surface area contributed by atoms with E-state index in [-0.39, 0.29) is 5.43 Å². The Balaban J connectivity index is 2.93. The Hall–Kier alpha value is -1.71. The van der Waals surface area contributed by atoms with Gasteiger partial charge in [-0.15, -0.1) is 5.10 Å². The number of aryl methyl sites for hydroxylation is 1. The molecule has 0 aliphatic rings. The molecule has 2 heterocycles. The summed E-state index contributed by atoms with van der Waals surface area (Å²) in [5.41, 5.74) is 0.645. The van der Waals surface area contributed by atoms with Crippen LogP contribution in [0.25, 0.3) is 11.0 Å². The topological polar surface area (TPSA) is 47.8 Å². The minimum Gasteiger partial charge on any atom is -0.331 e. The molecule has 0 N–H and O–H groups in total. The normalized spacial score (nSPS) is 10.5. The lowest BCUT2D eigenvalue weighted by molar-refractivity contribution is 0.768. The first-order chi connectivity index (χ1) is 6.33. The van der Waals surface area contributed by atoms with Gasteiger partial charge >= 0.3 is 0 Å². The lowest BCUT2D eigenvalue weighted by atomic mass is 10.3. The molecule has 2 aromatic heterocycles. The van der Waals surface area contributed by atoms with Gasteiger partial charge < -0.3 is 4.57 Å². The van der Waals surface area contributed by atoms with Crippen LogP contribution < -0.4 is 5.43 Å². The molecule has 0 aromatic carbocycles. The Morgan fingerprint density at radius 3 is 3.08 bits per heavy atom. The molecule has 2 aromatic rings. The monoisotopic (exact) mass is 175 g/mol. The van der Waals surface area contributed by atoms with Crippen LogP contribution >= 0.6 is 0 Å². The summed E-state index contributed by atoms with van der Waals surface area (Å²) in [6.45, 7) is 2.79. The molecule has 0 fully saturated rings. The minimum atomic E-state index is -0.00500. The summed E-state index contributed by atoms with van der Waals surface area (Å²) in [5.74, 6) is 0. The van der Waals surface area contributed by atoms with Gasteiger partial charge in [-0.2, -0.15) is 5.10 Å². The highest BCUT2D eigenvalue weighted by molar-refractivity contribution is 5.73. The molecule has 0 amide bonds. The van der Waals surface area contributed by atoms with Crippen LogP contribution in [0, 0.1) is 0 Å². The van der Waals surface area contributed by atoms with Gasteiger partial charge in [-0.25, -0.2) is 0 Å². The quantitative estimate of drug-likeness (QED) is 0.644. The number of pyridine rings is 1. The van der Waals surface area contributed by atoms with Gasteiger partial charge in [0.15, 0.2) is 11.1 Å². The average Bonchev–Trinajstić information content (AvgIpc) is 2.19. The van der Waals surface area contributed by atoms with E-state index in [1.165, 1.54) is 6.20 Å². The van der Waals surface area contributed by atoms with Crippen LogP contribution in [0.2, 0.25) is 0 Å². The summed E-state index contributed by atoms with van der Waals surface area (Å²) in [7, 11) is 0. The molecule has 0 aliphatic carbocycles. The molecule has 0 saturated carbocycles. The third-order valence-corrected chi connectivity index (χ3v) is 1.99. The van der Waals surface area contributed by atoms with Gasteiger partial charge in [0.1, 0.15) is 0 Å². The minimum absolute atomic E-state index is 0.00500. The molecule has 66 valence electrons. The van der Waals surface area contributed by atoms with Gasteiger partial charge in [0.25, 0.3) is 0 Å². The van der Waals surface area contributed by atoms with Crippen molar-refractivity contribution in [1.29, 1.82) is 0 Å². The van der Waals surface area contributed by atoms with Gasteiger partial charge in [0, 0.05) is 18.8 Å². The Morgan fingerprint density at radius 2 is 2.31 bits per heavy atom. The van der Waals surface area contributed by atoms with Crippen LogP contribution in [0.5, 0.6) is 0 Å². The van der Waals surface area contributed by atoms with E-state index >= 15 is 0 Å². The molecule has 0 spiro atoms. The largest absolute Gasteiger partial charge is 0.331 e. The molecular weight excluding hydrogens is 166 g/mol. The fourth-order valence-electron chi connectivity index (χ4n) is 1.30. The van der Waals surface area contributed by atoms with Gasteiger partial charge in [-0.05, 0) is 13.0 Å². The summed E-state index contributed by atoms with van der Waals surface area (Å²) in [5, 5.41) is 8.30. The molecule has 0 radical (unpaired) electrons. The van der Waals surface area contributed by atoms with E-state index in [2.05, 4.69) is 10.2 Å². The molecule has 13 heavy (non-hydrogen) atoms. The van der Waals surface area contributed by atoms with Gasteiger partial charge in [0.05, 0.1) is 11.6 Å². The predicted octanol–water partition coefficient (Wildman–Crippen LogP) is 0.811. The zero-order valence-corrected chi connectivity index (χ0v) is 7.27. The lowest BCUT2D eigenvalue weighted by Crippen LogP contribution is -2.08. The molecule has 0 bridgehead atoms. The molecule has 4 nitrogen and oxygen atoms in total. The van der Waals surface area contributed by atoms with E-state index in [9.17, 15) is 4.79 Å². The number of fused-ring (bicyclic) bond motifs is 1. The Labute approximate surface area is 74.8 Å². The standard InChI is InChI=1S/C9H9N3O/c1-2-12-6-4-8(13)7-3-5-10-11-9(7)12/h3-6H,2H2,1H3. The maximum absolute atomic E-state index is 11.4. The van der Waals surface area contributed by atoms with Crippen molar-refractivity contribution in [2.24, 2.45) is 0 Å². The van der Waals surface area contributed by atoms with Crippen LogP contribution in [0.15, 0.2) is 29.3 Å². The fraction of sp³-hybridized carbons (Fsp3) is 0.222. The Kier molecular flexibility index (Phi) is 1.81. The second-order valence-electron chi connectivity index (χ2n) is 2.73. The number of hydrogen-bond donors (Lipinski definition) is 0. The summed E-state index contributed by atoms with van der Waals surface area (Å²) in [4.78, 5) is 11.4. The number of aromatic nitrogens is 3. The number of hydrogen-bond acceptors (Lipinski definition) is 3. The van der Waals surface area contributed by atoms with Gasteiger partial charge in [-0.1, -0.05) is 0 Å². The fourth-order valence-corrected chi connectivity index (χ4v) is 1.30. The number of rotatable bonds is 1. The maximum Gasteiger partial charge on any atom is 0.191 e. The lowest BCUT2D eigenvalue weighted by Gasteiger charge is -2.04. The van der Waals surface area contributed by atoms with Crippen molar-refractivity contribution < 1.29 is 0 Å². The molecule has 2 rings (SSSR count). The van der Waals surface area contributed by atoms with E-state index in [4.69, 9.17) is 0 Å². The Bertz CT molecular complexity index is 489. The van der Waals surface area contributed by atoms with Crippen molar-refractivity contribution in [2.45, 2.75) is 13.5 Å². The van der Waals surface area contributed by atoms with Gasteiger partial charge in [-0.3, -0.25) is 4.79 Å². The van der Waals surface area contributed by atoms with Crippen LogP contribution in [0.4, 0.5) is 0 Å². The summed E-state index contributed by atoms with van der Waals surface area (Å²) in [6.07, 6.45) is 3.27. The summed E-state index contributed by atoms with van der Waals surface area (Å²) < 4.78 is 1.89. The third-order valence-electron chi connectivity index (χ3n) is 1.99. The van der Waals surface area contributed by atoms with Crippen molar-refractivity contribution in [2.75, 3.05) is 0 Å². The smallest absolute Gasteiger partial charge is 0.191 e. The molecule has 0 saturated heterocycles. The van der Waals surface area contributed by atoms with E-state index < -0.39 is 0 Å². The van der Waals surface area contributed by atoms with Crippen LogP contribution in [0.3, 0.4) is 0 Å². The zero-order valence-electron chi connectivity index (χ0n) is 7.27. The highest BCUT2D eigenvalue weighted by Gasteiger charge is 2.01. The van der Waals surface area contributed by atoms with Crippen molar-refractivity contribution in [3.63, 3.8) is 0 Å². The van der Waals surface area contributed by atoms with Crippen LogP contribution in [-0.2, 0) is 6.54 Å². The van der Waals surface area contributed by atoms with E-state index in [0.29, 0.717) is 11.0 Å². The molecule has 0 atom stereocenters. The first-order valence-corrected chi connectivity index (χ1v) is 4.14. The van der Waals surface area contributed by atoms with E-state index in [1.807, 2.05) is 11.5 Å². The highest BCUT2D eigenvalue weighted by Crippen LogP contribution is 2.03. The van der Waals surface area contributed by atoms with Crippen LogP contribution in [-0.4, -0.2) is 14.8 Å². The predicted molar refractivity (Wildman–Crippen MR) is 49.5 cm³/mol. The van der Waals surface area contributed by atoms with Crippen molar-refractivity contribution >= 4 is 11.0 Å². The van der Waals surface area contributed by atoms with E-state index in [1.54, 1.807) is 18.3 Å². The number of nitrogens with zero attached hydrogens (tertiary/aromatic N) is 3. The van der Waals surface area contributed by atoms with Crippen molar-refractivity contribution in [3.8, 4) is 0 Å². The maximum atomic E-state index is 11.4. The Morgan fingerprint density at radius 1 is 1.46 bits per heavy atom. The van der Waals surface area contributed by atoms with E-state index in [0.717, 1.165) is 6.54 Å². The van der Waals surface area contributed by atoms with Gasteiger partial charge in [0.2, 0.25) is 0 Å². The van der Waals surface area contributed by atoms with Crippen molar-refractivity contribution in [1.82, 2.24) is 14.8 Å². The molecule has 4 heteroatoms. The SMILES string of the molecule is CCn1ccc(=O)c2ccnnc21. The van der Waals surface area contributed by atoms with Crippen LogP contribution in [0.1, 0.15) is 6.92 Å². The molecule has 0 aliphatic heterocycles. The van der Waals surface area contributed by atoms with Crippen molar-refractivity contribution in [3.05, 3.63) is 34.7 Å².